The van der Waals surface area contributed by atoms with Crippen molar-refractivity contribution in [3.05, 3.63) is 34.3 Å². The van der Waals surface area contributed by atoms with Crippen LogP contribution in [0, 0.1) is 5.92 Å². The number of H-pyrrole nitrogens is 1. The van der Waals surface area contributed by atoms with E-state index < -0.39 is 17.6 Å². The van der Waals surface area contributed by atoms with Crippen LogP contribution in [0.15, 0.2) is 27.4 Å². The van der Waals surface area contributed by atoms with E-state index in [4.69, 9.17) is 9.52 Å². The van der Waals surface area contributed by atoms with Gasteiger partial charge < -0.3 is 9.52 Å². The van der Waals surface area contributed by atoms with Gasteiger partial charge in [0.1, 0.15) is 0 Å². The predicted octanol–water partition coefficient (Wildman–Crippen LogP) is 1.77. The number of oxazole rings is 1. The highest BCUT2D eigenvalue weighted by atomic mass is 16.4. The molecular weight excluding hydrogens is 222 g/mol. The second-order valence-electron chi connectivity index (χ2n) is 3.99. The smallest absolute Gasteiger partial charge is 0.417 e. The van der Waals surface area contributed by atoms with E-state index in [0.717, 1.165) is 5.56 Å². The molecule has 5 heteroatoms. The zero-order valence-electron chi connectivity index (χ0n) is 9.40. The fraction of sp³-hybridized carbons (Fsp3) is 0.333. The lowest BCUT2D eigenvalue weighted by Crippen LogP contribution is -2.15. The molecule has 5 nitrogen and oxygen atoms in total. The van der Waals surface area contributed by atoms with Gasteiger partial charge in [-0.05, 0) is 30.5 Å². The predicted molar refractivity (Wildman–Crippen MR) is 62.0 cm³/mol. The summed E-state index contributed by atoms with van der Waals surface area (Å²) >= 11 is 0. The molecule has 0 saturated carbocycles. The number of aromatic nitrogens is 1. The second kappa shape index (κ2) is 4.45. The first-order valence-corrected chi connectivity index (χ1v) is 5.44. The zero-order valence-corrected chi connectivity index (χ0v) is 9.40. The molecule has 1 aromatic heterocycles. The number of carboxylic acid groups (broad SMARTS) is 1. The summed E-state index contributed by atoms with van der Waals surface area (Å²) in [6.07, 6.45) is 1.03. The van der Waals surface area contributed by atoms with Crippen LogP contribution in [-0.4, -0.2) is 16.1 Å². The summed E-state index contributed by atoms with van der Waals surface area (Å²) in [7, 11) is 0. The highest BCUT2D eigenvalue weighted by molar-refractivity contribution is 5.74. The van der Waals surface area contributed by atoms with Crippen molar-refractivity contribution in [1.82, 2.24) is 4.98 Å². The second-order valence-corrected chi connectivity index (χ2v) is 3.99. The molecule has 0 amide bonds. The Morgan fingerprint density at radius 1 is 1.53 bits per heavy atom. The standard InChI is InChI=1S/C12H13NO4/c1-2-8(11(14)15)5-7-3-4-10-9(6-7)13-12(16)17-10/h3-4,6,8H,2,5H2,1H3,(H,13,16)(H,14,15). The van der Waals surface area contributed by atoms with Gasteiger partial charge >= 0.3 is 11.7 Å². The number of carboxylic acids is 1. The Bertz CT molecular complexity index is 596. The third-order valence-electron chi connectivity index (χ3n) is 2.81. The Hall–Kier alpha value is -2.04. The van der Waals surface area contributed by atoms with Gasteiger partial charge in [-0.1, -0.05) is 13.0 Å². The molecular formula is C12H13NO4. The molecule has 0 bridgehead atoms. The Labute approximate surface area is 97.1 Å². The molecule has 0 aliphatic carbocycles. The summed E-state index contributed by atoms with van der Waals surface area (Å²) in [5, 5.41) is 8.98. The topological polar surface area (TPSA) is 83.3 Å². The van der Waals surface area contributed by atoms with Gasteiger partial charge in [0.05, 0.1) is 11.4 Å². The molecule has 90 valence electrons. The van der Waals surface area contributed by atoms with Gasteiger partial charge in [0.15, 0.2) is 5.58 Å². The van der Waals surface area contributed by atoms with Crippen LogP contribution in [0.2, 0.25) is 0 Å². The van der Waals surface area contributed by atoms with Crippen LogP contribution in [-0.2, 0) is 11.2 Å². The Kier molecular flexibility index (Phi) is 2.99. The maximum Gasteiger partial charge on any atom is 0.417 e. The van der Waals surface area contributed by atoms with Crippen molar-refractivity contribution in [3.8, 4) is 0 Å². The molecule has 0 aliphatic rings. The summed E-state index contributed by atoms with van der Waals surface area (Å²) in [6.45, 7) is 1.84. The average molecular weight is 235 g/mol. The van der Waals surface area contributed by atoms with E-state index in [1.165, 1.54) is 0 Å². The van der Waals surface area contributed by atoms with Crippen molar-refractivity contribution in [2.24, 2.45) is 5.92 Å². The highest BCUT2D eigenvalue weighted by Crippen LogP contribution is 2.17. The van der Waals surface area contributed by atoms with Crippen LogP contribution in [0.3, 0.4) is 0 Å². The van der Waals surface area contributed by atoms with E-state index in [-0.39, 0.29) is 0 Å². The molecule has 17 heavy (non-hydrogen) atoms. The van der Waals surface area contributed by atoms with Gasteiger partial charge in [-0.3, -0.25) is 9.78 Å². The maximum absolute atomic E-state index is 11.0. The molecule has 1 unspecified atom stereocenters. The monoisotopic (exact) mass is 235 g/mol. The number of aromatic amines is 1. The van der Waals surface area contributed by atoms with Gasteiger partial charge in [0.25, 0.3) is 0 Å². The van der Waals surface area contributed by atoms with Crippen LogP contribution < -0.4 is 5.76 Å². The molecule has 2 N–H and O–H groups in total. The van der Waals surface area contributed by atoms with Gasteiger partial charge in [0.2, 0.25) is 0 Å². The van der Waals surface area contributed by atoms with Gasteiger partial charge in [0, 0.05) is 0 Å². The fourth-order valence-electron chi connectivity index (χ4n) is 1.82. The van der Waals surface area contributed by atoms with Crippen molar-refractivity contribution in [3.63, 3.8) is 0 Å². The lowest BCUT2D eigenvalue weighted by molar-refractivity contribution is -0.141. The quantitative estimate of drug-likeness (QED) is 0.846. The highest BCUT2D eigenvalue weighted by Gasteiger charge is 2.15. The Morgan fingerprint density at radius 3 is 2.94 bits per heavy atom. The van der Waals surface area contributed by atoms with E-state index in [1.807, 2.05) is 6.92 Å². The number of aliphatic carboxylic acids is 1. The van der Waals surface area contributed by atoms with Crippen molar-refractivity contribution in [2.45, 2.75) is 19.8 Å². The fourth-order valence-corrected chi connectivity index (χ4v) is 1.82. The largest absolute Gasteiger partial charge is 0.481 e. The van der Waals surface area contributed by atoms with E-state index in [2.05, 4.69) is 4.98 Å². The van der Waals surface area contributed by atoms with Crippen LogP contribution >= 0.6 is 0 Å². The third-order valence-corrected chi connectivity index (χ3v) is 2.81. The van der Waals surface area contributed by atoms with Crippen LogP contribution in [0.1, 0.15) is 18.9 Å². The van der Waals surface area contributed by atoms with E-state index in [0.29, 0.717) is 23.9 Å². The minimum Gasteiger partial charge on any atom is -0.481 e. The van der Waals surface area contributed by atoms with Crippen molar-refractivity contribution < 1.29 is 14.3 Å². The Morgan fingerprint density at radius 2 is 2.29 bits per heavy atom. The summed E-state index contributed by atoms with van der Waals surface area (Å²) in [5.74, 6) is -1.69. The molecule has 0 aliphatic heterocycles. The lowest BCUT2D eigenvalue weighted by Gasteiger charge is -2.09. The van der Waals surface area contributed by atoms with E-state index >= 15 is 0 Å². The maximum atomic E-state index is 11.0. The third kappa shape index (κ3) is 2.38. The summed E-state index contributed by atoms with van der Waals surface area (Å²) in [4.78, 5) is 24.4. The number of benzene rings is 1. The van der Waals surface area contributed by atoms with E-state index in [1.54, 1.807) is 18.2 Å². The first-order chi connectivity index (χ1) is 8.10. The first kappa shape index (κ1) is 11.4. The van der Waals surface area contributed by atoms with E-state index in [9.17, 15) is 9.59 Å². The molecule has 1 atom stereocenters. The summed E-state index contributed by atoms with van der Waals surface area (Å²) < 4.78 is 4.87. The molecule has 0 fully saturated rings. The lowest BCUT2D eigenvalue weighted by atomic mass is 9.97. The molecule has 0 spiro atoms. The number of hydrogen-bond acceptors (Lipinski definition) is 3. The van der Waals surface area contributed by atoms with Crippen molar-refractivity contribution in [1.29, 1.82) is 0 Å². The van der Waals surface area contributed by atoms with Crippen LogP contribution in [0.4, 0.5) is 0 Å². The van der Waals surface area contributed by atoms with Crippen LogP contribution in [0.25, 0.3) is 11.1 Å². The van der Waals surface area contributed by atoms with Crippen LogP contribution in [0.5, 0.6) is 0 Å². The normalized spacial score (nSPS) is 12.8. The summed E-state index contributed by atoms with van der Waals surface area (Å²) in [6, 6.07) is 5.22. The number of carbonyl (C=O) groups is 1. The Balaban J connectivity index is 2.29. The van der Waals surface area contributed by atoms with Crippen molar-refractivity contribution in [2.75, 3.05) is 0 Å². The molecule has 1 aromatic carbocycles. The summed E-state index contributed by atoms with van der Waals surface area (Å²) in [5.41, 5.74) is 1.97. The number of rotatable bonds is 4. The number of fused-ring (bicyclic) bond motifs is 1. The first-order valence-electron chi connectivity index (χ1n) is 5.44. The minimum absolute atomic E-state index is 0.397. The molecule has 0 saturated heterocycles. The molecule has 2 rings (SSSR count). The number of hydrogen-bond donors (Lipinski definition) is 2. The minimum atomic E-state index is -0.798. The molecule has 0 radical (unpaired) electrons. The van der Waals surface area contributed by atoms with Gasteiger partial charge in [-0.2, -0.15) is 0 Å². The van der Waals surface area contributed by atoms with Gasteiger partial charge in [-0.15, -0.1) is 0 Å². The van der Waals surface area contributed by atoms with Gasteiger partial charge in [-0.25, -0.2) is 4.79 Å². The SMILES string of the molecule is CCC(Cc1ccc2oc(=O)[nH]c2c1)C(=O)O. The van der Waals surface area contributed by atoms with Crippen molar-refractivity contribution >= 4 is 17.1 Å². The molecule has 1 heterocycles. The average Bonchev–Trinajstić information content (AvgIpc) is 2.64. The zero-order chi connectivity index (χ0) is 12.4. The number of nitrogens with one attached hydrogen (secondary N) is 1. The molecule has 2 aromatic rings.